The molecule has 5 heteroatoms. The summed E-state index contributed by atoms with van der Waals surface area (Å²) in [6.07, 6.45) is 1.57. The molecule has 1 aromatic rings. The number of halogens is 3. The highest BCUT2D eigenvalue weighted by atomic mass is 35.5. The molecule has 2 unspecified atom stereocenters. The van der Waals surface area contributed by atoms with Gasteiger partial charge in [-0.3, -0.25) is 0 Å². The SMILES string of the molecule is CC(CCCO)NC(C)c1c(Cl)ccc(F)c1Cl. The number of aliphatic hydroxyl groups excluding tert-OH is 1. The van der Waals surface area contributed by atoms with E-state index in [2.05, 4.69) is 5.32 Å². The van der Waals surface area contributed by atoms with Crippen molar-refractivity contribution in [3.05, 3.63) is 33.6 Å². The number of hydrogen-bond donors (Lipinski definition) is 2. The van der Waals surface area contributed by atoms with Crippen LogP contribution in [0.5, 0.6) is 0 Å². The van der Waals surface area contributed by atoms with Crippen LogP contribution >= 0.6 is 23.2 Å². The van der Waals surface area contributed by atoms with Crippen molar-refractivity contribution >= 4 is 23.2 Å². The van der Waals surface area contributed by atoms with Crippen LogP contribution in [0.15, 0.2) is 12.1 Å². The van der Waals surface area contributed by atoms with Crippen molar-refractivity contribution in [1.82, 2.24) is 5.32 Å². The third kappa shape index (κ3) is 4.09. The van der Waals surface area contributed by atoms with Gasteiger partial charge in [-0.25, -0.2) is 4.39 Å². The molecule has 0 spiro atoms. The van der Waals surface area contributed by atoms with Crippen molar-refractivity contribution in [2.24, 2.45) is 0 Å². The van der Waals surface area contributed by atoms with Crippen molar-refractivity contribution in [2.75, 3.05) is 6.61 Å². The zero-order valence-corrected chi connectivity index (χ0v) is 12.0. The molecule has 2 N–H and O–H groups in total. The Morgan fingerprint density at radius 2 is 2.00 bits per heavy atom. The first-order valence-corrected chi connectivity index (χ1v) is 6.73. The van der Waals surface area contributed by atoms with Gasteiger partial charge in [-0.15, -0.1) is 0 Å². The van der Waals surface area contributed by atoms with Crippen LogP contribution < -0.4 is 5.32 Å². The number of rotatable bonds is 6. The van der Waals surface area contributed by atoms with Gasteiger partial charge in [0.1, 0.15) is 5.82 Å². The minimum atomic E-state index is -0.465. The van der Waals surface area contributed by atoms with E-state index in [1.165, 1.54) is 12.1 Å². The highest BCUT2D eigenvalue weighted by Crippen LogP contribution is 2.32. The minimum absolute atomic E-state index is 0.0665. The van der Waals surface area contributed by atoms with Gasteiger partial charge in [0, 0.05) is 29.3 Å². The van der Waals surface area contributed by atoms with Crippen molar-refractivity contribution in [3.63, 3.8) is 0 Å². The molecule has 0 aliphatic heterocycles. The van der Waals surface area contributed by atoms with Gasteiger partial charge in [0.15, 0.2) is 0 Å². The van der Waals surface area contributed by atoms with Crippen LogP contribution in [0.1, 0.15) is 38.3 Å². The van der Waals surface area contributed by atoms with E-state index < -0.39 is 5.82 Å². The van der Waals surface area contributed by atoms with Gasteiger partial charge >= 0.3 is 0 Å². The molecule has 2 atom stereocenters. The Balaban J connectivity index is 2.78. The fraction of sp³-hybridized carbons (Fsp3) is 0.538. The van der Waals surface area contributed by atoms with E-state index >= 15 is 0 Å². The van der Waals surface area contributed by atoms with Gasteiger partial charge in [0.2, 0.25) is 0 Å². The first kappa shape index (κ1) is 15.7. The molecule has 18 heavy (non-hydrogen) atoms. The second-order valence-electron chi connectivity index (χ2n) is 4.41. The molecule has 0 radical (unpaired) electrons. The summed E-state index contributed by atoms with van der Waals surface area (Å²) in [5.41, 5.74) is 0.578. The molecule has 0 aliphatic carbocycles. The van der Waals surface area contributed by atoms with Crippen molar-refractivity contribution in [1.29, 1.82) is 0 Å². The summed E-state index contributed by atoms with van der Waals surface area (Å²) in [4.78, 5) is 0. The maximum Gasteiger partial charge on any atom is 0.142 e. The summed E-state index contributed by atoms with van der Waals surface area (Å²) in [5, 5.41) is 12.6. The lowest BCUT2D eigenvalue weighted by Crippen LogP contribution is -2.29. The Morgan fingerprint density at radius 3 is 2.61 bits per heavy atom. The molecule has 0 saturated carbocycles. The molecular weight excluding hydrogens is 276 g/mol. The van der Waals surface area contributed by atoms with Crippen LogP contribution in [0.25, 0.3) is 0 Å². The average molecular weight is 294 g/mol. The summed E-state index contributed by atoms with van der Waals surface area (Å²) >= 11 is 12.0. The highest BCUT2D eigenvalue weighted by Gasteiger charge is 2.18. The van der Waals surface area contributed by atoms with Gasteiger partial charge in [-0.05, 0) is 38.8 Å². The molecule has 1 rings (SSSR count). The molecule has 0 bridgehead atoms. The largest absolute Gasteiger partial charge is 0.396 e. The molecule has 2 nitrogen and oxygen atoms in total. The van der Waals surface area contributed by atoms with Gasteiger partial charge in [-0.2, -0.15) is 0 Å². The first-order valence-electron chi connectivity index (χ1n) is 5.97. The maximum atomic E-state index is 13.4. The van der Waals surface area contributed by atoms with Crippen molar-refractivity contribution < 1.29 is 9.50 Å². The van der Waals surface area contributed by atoms with E-state index in [1.54, 1.807) is 0 Å². The number of hydrogen-bond acceptors (Lipinski definition) is 2. The minimum Gasteiger partial charge on any atom is -0.396 e. The molecular formula is C13H18Cl2FNO. The van der Waals surface area contributed by atoms with Crippen LogP contribution in [-0.4, -0.2) is 17.8 Å². The first-order chi connectivity index (χ1) is 8.47. The lowest BCUT2D eigenvalue weighted by molar-refractivity contribution is 0.274. The molecule has 0 aromatic heterocycles. The standard InChI is InChI=1S/C13H18Cl2FNO/c1-8(4-3-7-18)17-9(2)12-10(14)5-6-11(16)13(12)15/h5-6,8-9,17-18H,3-4,7H2,1-2H3. The molecule has 1 aromatic carbocycles. The average Bonchev–Trinajstić information content (AvgIpc) is 2.31. The van der Waals surface area contributed by atoms with E-state index in [9.17, 15) is 4.39 Å². The lowest BCUT2D eigenvalue weighted by atomic mass is 10.1. The van der Waals surface area contributed by atoms with E-state index in [0.29, 0.717) is 10.6 Å². The fourth-order valence-corrected chi connectivity index (χ4v) is 2.63. The van der Waals surface area contributed by atoms with E-state index in [0.717, 1.165) is 12.8 Å². The Labute approximate surface area is 117 Å². The summed E-state index contributed by atoms with van der Waals surface area (Å²) in [7, 11) is 0. The van der Waals surface area contributed by atoms with Gasteiger partial charge in [0.05, 0.1) is 5.02 Å². The Hall–Kier alpha value is -0.350. The van der Waals surface area contributed by atoms with Gasteiger partial charge < -0.3 is 10.4 Å². The molecule has 0 saturated heterocycles. The highest BCUT2D eigenvalue weighted by molar-refractivity contribution is 6.36. The molecule has 0 heterocycles. The third-order valence-electron chi connectivity index (χ3n) is 2.84. The molecule has 0 fully saturated rings. The summed E-state index contributed by atoms with van der Waals surface area (Å²) in [6, 6.07) is 2.82. The van der Waals surface area contributed by atoms with Crippen LogP contribution in [0.3, 0.4) is 0 Å². The number of aliphatic hydroxyl groups is 1. The lowest BCUT2D eigenvalue weighted by Gasteiger charge is -2.22. The Morgan fingerprint density at radius 1 is 1.33 bits per heavy atom. The summed E-state index contributed by atoms with van der Waals surface area (Å²) < 4.78 is 13.4. The smallest absolute Gasteiger partial charge is 0.142 e. The second kappa shape index (κ2) is 7.29. The van der Waals surface area contributed by atoms with Crippen molar-refractivity contribution in [3.8, 4) is 0 Å². The Bertz CT molecular complexity index is 401. The Kier molecular flexibility index (Phi) is 6.36. The zero-order chi connectivity index (χ0) is 13.7. The van der Waals surface area contributed by atoms with Crippen LogP contribution in [0, 0.1) is 5.82 Å². The van der Waals surface area contributed by atoms with Crippen LogP contribution in [0.2, 0.25) is 10.0 Å². The normalized spacial score (nSPS) is 14.6. The summed E-state index contributed by atoms with van der Waals surface area (Å²) in [5.74, 6) is -0.465. The van der Waals surface area contributed by atoms with E-state index in [1.807, 2.05) is 13.8 Å². The van der Waals surface area contributed by atoms with Crippen molar-refractivity contribution in [2.45, 2.75) is 38.8 Å². The number of benzene rings is 1. The summed E-state index contributed by atoms with van der Waals surface area (Å²) in [6.45, 7) is 4.07. The maximum absolute atomic E-state index is 13.4. The van der Waals surface area contributed by atoms with Gasteiger partial charge in [0.25, 0.3) is 0 Å². The van der Waals surface area contributed by atoms with E-state index in [-0.39, 0.29) is 23.7 Å². The second-order valence-corrected chi connectivity index (χ2v) is 5.20. The quantitative estimate of drug-likeness (QED) is 0.779. The molecule has 0 amide bonds. The van der Waals surface area contributed by atoms with Crippen LogP contribution in [0.4, 0.5) is 4.39 Å². The molecule has 0 aliphatic rings. The molecule has 102 valence electrons. The van der Waals surface area contributed by atoms with E-state index in [4.69, 9.17) is 28.3 Å². The zero-order valence-electron chi connectivity index (χ0n) is 10.5. The van der Waals surface area contributed by atoms with Gasteiger partial charge in [-0.1, -0.05) is 23.2 Å². The van der Waals surface area contributed by atoms with Crippen LogP contribution in [-0.2, 0) is 0 Å². The fourth-order valence-electron chi connectivity index (χ4n) is 1.93. The predicted octanol–water partition coefficient (Wildman–Crippen LogP) is 3.94. The topological polar surface area (TPSA) is 32.3 Å². The monoisotopic (exact) mass is 293 g/mol. The number of nitrogens with one attached hydrogen (secondary N) is 1. The third-order valence-corrected chi connectivity index (χ3v) is 3.56. The predicted molar refractivity (Wildman–Crippen MR) is 73.8 cm³/mol.